The first-order valence-electron chi connectivity index (χ1n) is 23.2. The Balaban J connectivity index is 2.70. The molecule has 1 aliphatic carbocycles. The van der Waals surface area contributed by atoms with E-state index in [0.717, 1.165) is 57.8 Å². The second kappa shape index (κ2) is 37.1. The minimum atomic E-state index is -5.38. The van der Waals surface area contributed by atoms with Gasteiger partial charge in [0.2, 0.25) is 0 Å². The average molecular weight is 977 g/mol. The molecule has 0 aromatic rings. The summed E-state index contributed by atoms with van der Waals surface area (Å²) in [7, 11) is -10.7. The van der Waals surface area contributed by atoms with Crippen LogP contribution in [0, 0.1) is 0 Å². The van der Waals surface area contributed by atoms with E-state index >= 15 is 0 Å². The zero-order chi connectivity index (χ0) is 49.1. The van der Waals surface area contributed by atoms with E-state index in [2.05, 4.69) is 48.8 Å². The van der Waals surface area contributed by atoms with Crippen LogP contribution < -0.4 is 0 Å². The molecule has 1 rings (SSSR count). The summed E-state index contributed by atoms with van der Waals surface area (Å²) in [6.45, 7) is 2.86. The van der Waals surface area contributed by atoms with Crippen molar-refractivity contribution in [1.29, 1.82) is 0 Å². The molecule has 0 aliphatic heterocycles. The van der Waals surface area contributed by atoms with Crippen molar-refractivity contribution in [1.82, 2.24) is 0 Å². The number of esters is 2. The molecule has 1 fully saturated rings. The molecule has 9 atom stereocenters. The second-order valence-electron chi connectivity index (χ2n) is 16.0. The highest BCUT2D eigenvalue weighted by molar-refractivity contribution is 7.47. The minimum absolute atomic E-state index is 0.0464. The maximum Gasteiger partial charge on any atom is 0.472 e. The van der Waals surface area contributed by atoms with Gasteiger partial charge in [-0.2, -0.15) is 0 Å². The fourth-order valence-corrected chi connectivity index (χ4v) is 7.91. The lowest BCUT2D eigenvalue weighted by molar-refractivity contribution is -0.216. The fourth-order valence-electron chi connectivity index (χ4n) is 6.37. The van der Waals surface area contributed by atoms with Gasteiger partial charge in [0, 0.05) is 12.8 Å². The van der Waals surface area contributed by atoms with Gasteiger partial charge in [0.25, 0.3) is 0 Å². The molecular formula is C47H78O17P2. The predicted octanol–water partition coefficient (Wildman–Crippen LogP) is 7.58. The Labute approximate surface area is 391 Å². The molecule has 0 heterocycles. The molecule has 0 saturated heterocycles. The van der Waals surface area contributed by atoms with Crippen molar-refractivity contribution in [2.75, 3.05) is 13.2 Å². The Kier molecular flexibility index (Phi) is 34.4. The highest BCUT2D eigenvalue weighted by Gasteiger charge is 2.54. The average Bonchev–Trinajstić information content (AvgIpc) is 3.26. The molecule has 66 heavy (non-hydrogen) atoms. The van der Waals surface area contributed by atoms with E-state index < -0.39 is 89.6 Å². The summed E-state index contributed by atoms with van der Waals surface area (Å²) in [6.07, 6.45) is 27.3. The largest absolute Gasteiger partial charge is 0.472 e. The van der Waals surface area contributed by atoms with Crippen LogP contribution in [-0.2, 0) is 41.8 Å². The van der Waals surface area contributed by atoms with Crippen molar-refractivity contribution >= 4 is 27.6 Å². The van der Waals surface area contributed by atoms with Crippen molar-refractivity contribution < 1.29 is 82.0 Å². The molecule has 19 heteroatoms. The highest BCUT2D eigenvalue weighted by Crippen LogP contribution is 2.49. The standard InChI is InChI=1S/C47H78O17P2/c1-3-5-7-8-9-10-11-12-13-14-17-20-23-26-30-34-40(49)60-36-39(37-61-66(58,59)64-47-44(53)42(51)43(52)46(45(47)54)63-65(55,56)57)62-41(50)35-31-27-24-21-18-15-16-19-22-25-29-33-38(48)32-28-6-4-2/h9-10,12-13,15-17,20-22,24-25,29,33,38-39,42-48,51-54H,3-8,11,14,18-19,23,26-28,30-32,34-37H2,1-2H3,(H,58,59)(H2,55,56,57)/b10-9-,13-12-,16-15-,20-17-,24-21-,25-22-,33-29+/t38-,39+,42?,43?,44?,45?,46+,47-/m0/s1. The van der Waals surface area contributed by atoms with Gasteiger partial charge in [-0.1, -0.05) is 131 Å². The number of phosphoric acid groups is 2. The summed E-state index contributed by atoms with van der Waals surface area (Å²) in [5, 5.41) is 51.1. The number of unbranched alkanes of at least 4 members (excludes halogenated alkanes) is 8. The SMILES string of the molecule is CCCCC/C=C\C/C=C\C/C=C\CCCCC(=O)OC[C@H](COP(=O)(O)O[C@H]1C(O)C(O)C(O)[C@@H](OP(=O)(O)O)C1O)OC(=O)CCC/C=C\C/C=C\C/C=C\C=C\[C@@H](O)CCCCC. The maximum atomic E-state index is 13.0. The Morgan fingerprint density at radius 2 is 1.06 bits per heavy atom. The Bertz CT molecular complexity index is 1620. The number of ether oxygens (including phenoxy) is 2. The maximum absolute atomic E-state index is 13.0. The van der Waals surface area contributed by atoms with Gasteiger partial charge in [-0.25, -0.2) is 9.13 Å². The monoisotopic (exact) mass is 976 g/mol. The van der Waals surface area contributed by atoms with Gasteiger partial charge in [-0.05, 0) is 77.0 Å². The number of aliphatic hydroxyl groups is 5. The zero-order valence-corrected chi connectivity index (χ0v) is 40.5. The van der Waals surface area contributed by atoms with Crippen LogP contribution in [0.2, 0.25) is 0 Å². The van der Waals surface area contributed by atoms with Gasteiger partial charge in [0.1, 0.15) is 43.2 Å². The first-order valence-corrected chi connectivity index (χ1v) is 26.3. The van der Waals surface area contributed by atoms with Crippen LogP contribution in [0.4, 0.5) is 0 Å². The molecule has 8 N–H and O–H groups in total. The first-order chi connectivity index (χ1) is 31.5. The van der Waals surface area contributed by atoms with Crippen LogP contribution in [0.15, 0.2) is 85.1 Å². The number of hydrogen-bond donors (Lipinski definition) is 8. The van der Waals surface area contributed by atoms with Crippen LogP contribution in [0.1, 0.15) is 136 Å². The number of aliphatic hydroxyl groups excluding tert-OH is 5. The lowest BCUT2D eigenvalue weighted by Gasteiger charge is -2.43. The quantitative estimate of drug-likeness (QED) is 0.00979. The number of carbonyl (C=O) groups excluding carboxylic acids is 2. The predicted molar refractivity (Wildman–Crippen MR) is 251 cm³/mol. The van der Waals surface area contributed by atoms with E-state index in [1.807, 2.05) is 48.6 Å². The van der Waals surface area contributed by atoms with Crippen molar-refractivity contribution in [2.45, 2.75) is 185 Å². The molecule has 1 aliphatic rings. The summed E-state index contributed by atoms with van der Waals surface area (Å²) in [4.78, 5) is 54.2. The van der Waals surface area contributed by atoms with Gasteiger partial charge in [0.15, 0.2) is 6.10 Å². The third-order valence-electron chi connectivity index (χ3n) is 10.0. The highest BCUT2D eigenvalue weighted by atomic mass is 31.2. The van der Waals surface area contributed by atoms with Crippen molar-refractivity contribution in [3.63, 3.8) is 0 Å². The second-order valence-corrected chi connectivity index (χ2v) is 18.6. The van der Waals surface area contributed by atoms with E-state index in [1.54, 1.807) is 6.08 Å². The van der Waals surface area contributed by atoms with Gasteiger partial charge >= 0.3 is 27.6 Å². The van der Waals surface area contributed by atoms with E-state index in [4.69, 9.17) is 28.3 Å². The first kappa shape index (κ1) is 61.2. The molecule has 0 aromatic heterocycles. The Hall–Kier alpha value is -2.86. The lowest BCUT2D eigenvalue weighted by atomic mass is 9.85. The van der Waals surface area contributed by atoms with Gasteiger partial charge in [0.05, 0.1) is 12.7 Å². The lowest BCUT2D eigenvalue weighted by Crippen LogP contribution is -2.64. The molecular weight excluding hydrogens is 898 g/mol. The molecule has 17 nitrogen and oxygen atoms in total. The van der Waals surface area contributed by atoms with Crippen LogP contribution in [0.3, 0.4) is 0 Å². The van der Waals surface area contributed by atoms with E-state index in [1.165, 1.54) is 19.3 Å². The van der Waals surface area contributed by atoms with E-state index in [9.17, 15) is 49.1 Å². The van der Waals surface area contributed by atoms with Gasteiger partial charge < -0.3 is 49.7 Å². The molecule has 0 amide bonds. The van der Waals surface area contributed by atoms with Crippen LogP contribution in [0.25, 0.3) is 0 Å². The third kappa shape index (κ3) is 31.2. The number of carbonyl (C=O) groups is 2. The Morgan fingerprint density at radius 3 is 1.64 bits per heavy atom. The number of phosphoric ester groups is 2. The zero-order valence-electron chi connectivity index (χ0n) is 38.7. The summed E-state index contributed by atoms with van der Waals surface area (Å²) in [5.74, 6) is -1.35. The fraction of sp³-hybridized carbons (Fsp3) is 0.660. The third-order valence-corrected chi connectivity index (χ3v) is 11.5. The van der Waals surface area contributed by atoms with Crippen LogP contribution in [-0.4, -0.2) is 114 Å². The molecule has 0 aromatic carbocycles. The van der Waals surface area contributed by atoms with Gasteiger partial charge in [-0.15, -0.1) is 0 Å². The molecule has 0 spiro atoms. The minimum Gasteiger partial charge on any atom is -0.462 e. The van der Waals surface area contributed by atoms with Crippen LogP contribution in [0.5, 0.6) is 0 Å². The Morgan fingerprint density at radius 1 is 0.561 bits per heavy atom. The van der Waals surface area contributed by atoms with Gasteiger partial charge in [-0.3, -0.25) is 23.2 Å². The normalized spacial score (nSPS) is 22.8. The van der Waals surface area contributed by atoms with Crippen molar-refractivity contribution in [3.8, 4) is 0 Å². The topological polar surface area (TPSA) is 276 Å². The van der Waals surface area contributed by atoms with Crippen LogP contribution >= 0.6 is 15.6 Å². The summed E-state index contributed by atoms with van der Waals surface area (Å²) in [6, 6.07) is 0. The molecule has 0 bridgehead atoms. The number of rotatable bonds is 37. The van der Waals surface area contributed by atoms with E-state index in [0.29, 0.717) is 32.1 Å². The smallest absolute Gasteiger partial charge is 0.462 e. The molecule has 0 radical (unpaired) electrons. The van der Waals surface area contributed by atoms with Crippen molar-refractivity contribution in [3.05, 3.63) is 85.1 Å². The number of allylic oxidation sites excluding steroid dienone is 13. The molecule has 1 saturated carbocycles. The number of hydrogen-bond acceptors (Lipinski definition) is 14. The van der Waals surface area contributed by atoms with Crippen molar-refractivity contribution in [2.24, 2.45) is 0 Å². The summed E-state index contributed by atoms with van der Waals surface area (Å²) < 4.78 is 49.2. The summed E-state index contributed by atoms with van der Waals surface area (Å²) in [5.41, 5.74) is 0. The molecule has 5 unspecified atom stereocenters. The van der Waals surface area contributed by atoms with E-state index in [-0.39, 0.29) is 12.8 Å². The summed E-state index contributed by atoms with van der Waals surface area (Å²) >= 11 is 0. The molecule has 378 valence electrons.